The molecule has 19 heavy (non-hydrogen) atoms. The first kappa shape index (κ1) is 15.9. The molecule has 0 aliphatic carbocycles. The molecular formula is C11H18ClN3O4. The number of hydrogen-bond acceptors (Lipinski definition) is 6. The quantitative estimate of drug-likeness (QED) is 0.621. The average Bonchev–Trinajstić information content (AvgIpc) is 2.41. The van der Waals surface area contributed by atoms with Crippen LogP contribution in [-0.4, -0.2) is 55.0 Å². The molecule has 0 atom stereocenters. The molecule has 0 saturated carbocycles. The molecule has 0 fully saturated rings. The smallest absolute Gasteiger partial charge is 0.287 e. The number of rotatable bonds is 9. The molecule has 1 aromatic heterocycles. The second-order valence-corrected chi connectivity index (χ2v) is 4.03. The Hall–Kier alpha value is -1.15. The minimum Gasteiger partial charge on any atom is -0.394 e. The summed E-state index contributed by atoms with van der Waals surface area (Å²) in [6.45, 7) is 2.00. The van der Waals surface area contributed by atoms with E-state index in [4.69, 9.17) is 26.2 Å². The van der Waals surface area contributed by atoms with Crippen LogP contribution in [0.4, 0.5) is 5.69 Å². The molecule has 0 saturated heterocycles. The molecular weight excluding hydrogens is 274 g/mol. The second-order valence-electron chi connectivity index (χ2n) is 3.66. The lowest BCUT2D eigenvalue weighted by Crippen LogP contribution is -2.26. The van der Waals surface area contributed by atoms with Gasteiger partial charge in [0.25, 0.3) is 5.56 Å². The van der Waals surface area contributed by atoms with Crippen molar-refractivity contribution in [3.8, 4) is 0 Å². The standard InChI is InChI=1S/C11H18ClN3O4/c1-18-6-7-19-5-2-13-9-8-14-15(3-4-16)11(17)10(9)12/h8,13,16H,2-7H2,1H3. The Balaban J connectivity index is 2.46. The lowest BCUT2D eigenvalue weighted by molar-refractivity contribution is 0.0759. The van der Waals surface area contributed by atoms with Crippen molar-refractivity contribution < 1.29 is 14.6 Å². The molecule has 108 valence electrons. The van der Waals surface area contributed by atoms with E-state index < -0.39 is 5.56 Å². The van der Waals surface area contributed by atoms with Crippen LogP contribution in [0.15, 0.2) is 11.0 Å². The molecule has 1 heterocycles. The maximum absolute atomic E-state index is 11.7. The number of hydrogen-bond donors (Lipinski definition) is 2. The minimum atomic E-state index is -0.430. The summed E-state index contributed by atoms with van der Waals surface area (Å²) in [6, 6.07) is 0. The van der Waals surface area contributed by atoms with Crippen LogP contribution < -0.4 is 10.9 Å². The molecule has 0 bridgehead atoms. The van der Waals surface area contributed by atoms with Gasteiger partial charge in [-0.15, -0.1) is 0 Å². The van der Waals surface area contributed by atoms with Crippen molar-refractivity contribution in [1.82, 2.24) is 9.78 Å². The van der Waals surface area contributed by atoms with Crippen LogP contribution in [-0.2, 0) is 16.0 Å². The zero-order valence-electron chi connectivity index (χ0n) is 10.8. The van der Waals surface area contributed by atoms with E-state index in [0.717, 1.165) is 4.68 Å². The summed E-state index contributed by atoms with van der Waals surface area (Å²) >= 11 is 5.92. The van der Waals surface area contributed by atoms with E-state index in [0.29, 0.717) is 32.1 Å². The Morgan fingerprint density at radius 3 is 2.95 bits per heavy atom. The van der Waals surface area contributed by atoms with Crippen LogP contribution >= 0.6 is 11.6 Å². The predicted octanol–water partition coefficient (Wildman–Crippen LogP) is -0.0361. The topological polar surface area (TPSA) is 85.6 Å². The number of nitrogens with zero attached hydrogens (tertiary/aromatic N) is 2. The Labute approximate surface area is 116 Å². The van der Waals surface area contributed by atoms with E-state index in [1.54, 1.807) is 7.11 Å². The fourth-order valence-electron chi connectivity index (χ4n) is 1.34. The largest absolute Gasteiger partial charge is 0.394 e. The monoisotopic (exact) mass is 291 g/mol. The van der Waals surface area contributed by atoms with Gasteiger partial charge < -0.3 is 19.9 Å². The van der Waals surface area contributed by atoms with Crippen molar-refractivity contribution >= 4 is 17.3 Å². The number of nitrogens with one attached hydrogen (secondary N) is 1. The average molecular weight is 292 g/mol. The van der Waals surface area contributed by atoms with Crippen molar-refractivity contribution in [2.24, 2.45) is 0 Å². The van der Waals surface area contributed by atoms with Gasteiger partial charge in [0.1, 0.15) is 5.02 Å². The summed E-state index contributed by atoms with van der Waals surface area (Å²) in [5, 5.41) is 15.7. The van der Waals surface area contributed by atoms with Crippen LogP contribution in [0.2, 0.25) is 5.02 Å². The van der Waals surface area contributed by atoms with Crippen LogP contribution in [0.25, 0.3) is 0 Å². The van der Waals surface area contributed by atoms with Crippen molar-refractivity contribution in [2.75, 3.05) is 45.4 Å². The molecule has 0 aliphatic rings. The fraction of sp³-hybridized carbons (Fsp3) is 0.636. The fourth-order valence-corrected chi connectivity index (χ4v) is 1.56. The number of ether oxygens (including phenoxy) is 2. The number of aliphatic hydroxyl groups is 1. The van der Waals surface area contributed by atoms with Crippen molar-refractivity contribution in [3.05, 3.63) is 21.6 Å². The lowest BCUT2D eigenvalue weighted by Gasteiger charge is -2.09. The van der Waals surface area contributed by atoms with Crippen LogP contribution in [0.5, 0.6) is 0 Å². The van der Waals surface area contributed by atoms with Gasteiger partial charge in [-0.2, -0.15) is 5.10 Å². The highest BCUT2D eigenvalue weighted by Crippen LogP contribution is 2.14. The molecule has 0 aromatic carbocycles. The van der Waals surface area contributed by atoms with Gasteiger partial charge in [-0.25, -0.2) is 4.68 Å². The van der Waals surface area contributed by atoms with Gasteiger partial charge >= 0.3 is 0 Å². The van der Waals surface area contributed by atoms with Crippen LogP contribution in [0, 0.1) is 0 Å². The van der Waals surface area contributed by atoms with E-state index in [1.165, 1.54) is 6.20 Å². The molecule has 1 rings (SSSR count). The zero-order chi connectivity index (χ0) is 14.1. The van der Waals surface area contributed by atoms with Gasteiger partial charge in [-0.05, 0) is 0 Å². The van der Waals surface area contributed by atoms with Gasteiger partial charge in [0.15, 0.2) is 0 Å². The van der Waals surface area contributed by atoms with E-state index >= 15 is 0 Å². The third kappa shape index (κ3) is 5.15. The normalized spacial score (nSPS) is 10.7. The van der Waals surface area contributed by atoms with Gasteiger partial charge in [0.05, 0.1) is 44.9 Å². The second kappa shape index (κ2) is 8.87. The highest BCUT2D eigenvalue weighted by molar-refractivity contribution is 6.32. The third-order valence-electron chi connectivity index (χ3n) is 2.29. The van der Waals surface area contributed by atoms with E-state index in [-0.39, 0.29) is 18.2 Å². The minimum absolute atomic E-state index is 0.0559. The first-order valence-corrected chi connectivity index (χ1v) is 6.25. The van der Waals surface area contributed by atoms with Gasteiger partial charge in [-0.1, -0.05) is 11.6 Å². The first-order valence-electron chi connectivity index (χ1n) is 5.87. The number of halogens is 1. The number of aromatic nitrogens is 2. The molecule has 0 amide bonds. The first-order chi connectivity index (χ1) is 9.20. The highest BCUT2D eigenvalue weighted by Gasteiger charge is 2.08. The van der Waals surface area contributed by atoms with E-state index in [2.05, 4.69) is 10.4 Å². The van der Waals surface area contributed by atoms with Crippen molar-refractivity contribution in [2.45, 2.75) is 6.54 Å². The number of methoxy groups -OCH3 is 1. The maximum atomic E-state index is 11.7. The summed E-state index contributed by atoms with van der Waals surface area (Å²) in [5.74, 6) is 0. The van der Waals surface area contributed by atoms with E-state index in [9.17, 15) is 4.79 Å². The van der Waals surface area contributed by atoms with Gasteiger partial charge in [-0.3, -0.25) is 4.79 Å². The van der Waals surface area contributed by atoms with Crippen LogP contribution in [0.3, 0.4) is 0 Å². The summed E-state index contributed by atoms with van der Waals surface area (Å²) < 4.78 is 11.2. The summed E-state index contributed by atoms with van der Waals surface area (Å²) in [4.78, 5) is 11.7. The summed E-state index contributed by atoms with van der Waals surface area (Å²) in [6.07, 6.45) is 1.45. The van der Waals surface area contributed by atoms with Crippen LogP contribution in [0.1, 0.15) is 0 Å². The van der Waals surface area contributed by atoms with Crippen molar-refractivity contribution in [3.63, 3.8) is 0 Å². The molecule has 1 aromatic rings. The lowest BCUT2D eigenvalue weighted by atomic mass is 10.4. The molecule has 0 aliphatic heterocycles. The van der Waals surface area contributed by atoms with Crippen molar-refractivity contribution in [1.29, 1.82) is 0 Å². The summed E-state index contributed by atoms with van der Waals surface area (Å²) in [7, 11) is 1.61. The predicted molar refractivity (Wildman–Crippen MR) is 71.8 cm³/mol. The molecule has 0 spiro atoms. The Morgan fingerprint density at radius 1 is 1.47 bits per heavy atom. The van der Waals surface area contributed by atoms with Gasteiger partial charge in [0, 0.05) is 13.7 Å². The highest BCUT2D eigenvalue weighted by atomic mass is 35.5. The molecule has 8 heteroatoms. The maximum Gasteiger partial charge on any atom is 0.287 e. The molecule has 0 radical (unpaired) electrons. The Morgan fingerprint density at radius 2 is 2.26 bits per heavy atom. The van der Waals surface area contributed by atoms with E-state index in [1.807, 2.05) is 0 Å². The molecule has 0 unspecified atom stereocenters. The number of aliphatic hydroxyl groups excluding tert-OH is 1. The molecule has 2 N–H and O–H groups in total. The van der Waals surface area contributed by atoms with Gasteiger partial charge in [0.2, 0.25) is 0 Å². The SMILES string of the molecule is COCCOCCNc1cnn(CCO)c(=O)c1Cl. The summed E-state index contributed by atoms with van der Waals surface area (Å²) in [5.41, 5.74) is 0.0252. The Bertz CT molecular complexity index is 438. The number of anilines is 1. The Kier molecular flexibility index (Phi) is 7.42. The zero-order valence-corrected chi connectivity index (χ0v) is 11.5. The third-order valence-corrected chi connectivity index (χ3v) is 2.66. The molecule has 7 nitrogen and oxygen atoms in total.